The van der Waals surface area contributed by atoms with Crippen LogP contribution < -0.4 is 0 Å². The van der Waals surface area contributed by atoms with Crippen LogP contribution in [0.4, 0.5) is 0 Å². The van der Waals surface area contributed by atoms with E-state index in [1.165, 1.54) is 0 Å². The Balaban J connectivity index is 1.83. The van der Waals surface area contributed by atoms with Gasteiger partial charge in [-0.15, -0.1) is 0 Å². The molecule has 3 heterocycles. The van der Waals surface area contributed by atoms with Gasteiger partial charge in [-0.05, 0) is 0 Å². The van der Waals surface area contributed by atoms with Crippen LogP contribution in [0.15, 0.2) is 0 Å². The van der Waals surface area contributed by atoms with Crippen molar-refractivity contribution in [1.29, 1.82) is 0 Å². The Hall–Kier alpha value is -0.640. The van der Waals surface area contributed by atoms with Gasteiger partial charge in [0.25, 0.3) is 0 Å². The van der Waals surface area contributed by atoms with Crippen molar-refractivity contribution in [2.45, 2.75) is 92.1 Å². The van der Waals surface area contributed by atoms with Gasteiger partial charge in [0, 0.05) is 0 Å². The zero-order chi connectivity index (χ0) is 25.3. The summed E-state index contributed by atoms with van der Waals surface area (Å²) < 4.78 is 26.5. The standard InChI is InChI=1S/C18H32O16/c19-1-4-7(22)10(25)12(27)17(31-4)33-14-9(24)6(3-21)30-16(29)15(14)34-18-13(28)11(26)8(23)5(2-20)32-18/h4-29H,1-3H2/t4-,5-,6-,7-,8-,9+,10+,11+,12+,13-,14+,15-,16?,17+,18+/m1/s1. The molecule has 16 nitrogen and oxygen atoms in total. The fraction of sp³-hybridized carbons (Fsp3) is 1.00. The summed E-state index contributed by atoms with van der Waals surface area (Å²) >= 11 is 0. The van der Waals surface area contributed by atoms with Crippen LogP contribution in [0.2, 0.25) is 0 Å². The normalized spacial score (nSPS) is 52.5. The second kappa shape index (κ2) is 11.6. The lowest BCUT2D eigenvalue weighted by molar-refractivity contribution is -0.387. The number of aliphatic hydroxyl groups excluding tert-OH is 11. The van der Waals surface area contributed by atoms with Gasteiger partial charge in [-0.1, -0.05) is 0 Å². The highest BCUT2D eigenvalue weighted by atomic mass is 16.8. The van der Waals surface area contributed by atoms with E-state index in [1.807, 2.05) is 0 Å². The van der Waals surface area contributed by atoms with Crippen LogP contribution in [-0.4, -0.2) is 168 Å². The van der Waals surface area contributed by atoms with Crippen LogP contribution in [-0.2, 0) is 23.7 Å². The Morgan fingerprint density at radius 3 is 1.24 bits per heavy atom. The van der Waals surface area contributed by atoms with Gasteiger partial charge in [0.2, 0.25) is 0 Å². The minimum Gasteiger partial charge on any atom is -0.394 e. The van der Waals surface area contributed by atoms with Crippen molar-refractivity contribution < 1.29 is 79.9 Å². The zero-order valence-electron chi connectivity index (χ0n) is 17.7. The summed E-state index contributed by atoms with van der Waals surface area (Å²) in [5.74, 6) is 0. The highest BCUT2D eigenvalue weighted by Crippen LogP contribution is 2.32. The van der Waals surface area contributed by atoms with Crippen LogP contribution in [0.3, 0.4) is 0 Å². The summed E-state index contributed by atoms with van der Waals surface area (Å²) in [6.45, 7) is -2.33. The maximum atomic E-state index is 10.6. The molecule has 16 heteroatoms. The van der Waals surface area contributed by atoms with Crippen molar-refractivity contribution in [3.8, 4) is 0 Å². The molecule has 3 aliphatic heterocycles. The molecule has 3 fully saturated rings. The van der Waals surface area contributed by atoms with Gasteiger partial charge >= 0.3 is 0 Å². The molecule has 0 aromatic rings. The number of hydrogen-bond donors (Lipinski definition) is 11. The first-order valence-electron chi connectivity index (χ1n) is 10.6. The molecule has 0 aliphatic carbocycles. The maximum absolute atomic E-state index is 10.6. The van der Waals surface area contributed by atoms with Crippen molar-refractivity contribution in [1.82, 2.24) is 0 Å². The smallest absolute Gasteiger partial charge is 0.187 e. The lowest BCUT2D eigenvalue weighted by Gasteiger charge is -2.48. The molecular weight excluding hydrogens is 472 g/mol. The molecule has 3 aliphatic rings. The topological polar surface area (TPSA) is 269 Å². The lowest BCUT2D eigenvalue weighted by atomic mass is 9.96. The van der Waals surface area contributed by atoms with Crippen molar-refractivity contribution in [3.63, 3.8) is 0 Å². The van der Waals surface area contributed by atoms with Crippen molar-refractivity contribution >= 4 is 0 Å². The second-order valence-electron chi connectivity index (χ2n) is 8.33. The van der Waals surface area contributed by atoms with E-state index in [9.17, 15) is 56.2 Å². The molecule has 0 bridgehead atoms. The molecule has 0 saturated carbocycles. The quantitative estimate of drug-likeness (QED) is 0.154. The van der Waals surface area contributed by atoms with Gasteiger partial charge in [0.15, 0.2) is 18.9 Å². The first-order chi connectivity index (χ1) is 16.0. The molecule has 0 amide bonds. The number of aliphatic hydroxyl groups is 11. The van der Waals surface area contributed by atoms with E-state index in [0.29, 0.717) is 0 Å². The molecule has 11 N–H and O–H groups in total. The molecule has 0 aromatic carbocycles. The Kier molecular flexibility index (Phi) is 9.54. The van der Waals surface area contributed by atoms with E-state index in [4.69, 9.17) is 23.7 Å². The highest BCUT2D eigenvalue weighted by molar-refractivity contribution is 4.96. The van der Waals surface area contributed by atoms with Crippen molar-refractivity contribution in [3.05, 3.63) is 0 Å². The van der Waals surface area contributed by atoms with Crippen LogP contribution in [0.5, 0.6) is 0 Å². The second-order valence-corrected chi connectivity index (χ2v) is 8.33. The van der Waals surface area contributed by atoms with Gasteiger partial charge in [-0.25, -0.2) is 0 Å². The van der Waals surface area contributed by atoms with Gasteiger partial charge in [0.05, 0.1) is 19.8 Å². The third-order valence-corrected chi connectivity index (χ3v) is 6.10. The largest absolute Gasteiger partial charge is 0.394 e. The number of rotatable bonds is 7. The molecular formula is C18H32O16. The Bertz CT molecular complexity index is 637. The van der Waals surface area contributed by atoms with Crippen molar-refractivity contribution in [2.75, 3.05) is 19.8 Å². The fourth-order valence-corrected chi connectivity index (χ4v) is 4.03. The van der Waals surface area contributed by atoms with Crippen molar-refractivity contribution in [2.24, 2.45) is 0 Å². The summed E-state index contributed by atoms with van der Waals surface area (Å²) in [6.07, 6.45) is -25.6. The minimum absolute atomic E-state index is 0.769. The molecule has 3 saturated heterocycles. The first kappa shape index (κ1) is 27.9. The predicted octanol–water partition coefficient (Wildman–Crippen LogP) is -7.57. The molecule has 200 valence electrons. The van der Waals surface area contributed by atoms with E-state index in [-0.39, 0.29) is 0 Å². The summed E-state index contributed by atoms with van der Waals surface area (Å²) in [7, 11) is 0. The molecule has 0 radical (unpaired) electrons. The fourth-order valence-electron chi connectivity index (χ4n) is 4.03. The van der Waals surface area contributed by atoms with Crippen LogP contribution in [0, 0.1) is 0 Å². The summed E-state index contributed by atoms with van der Waals surface area (Å²) in [6, 6.07) is 0. The monoisotopic (exact) mass is 504 g/mol. The number of ether oxygens (including phenoxy) is 5. The van der Waals surface area contributed by atoms with E-state index >= 15 is 0 Å². The van der Waals surface area contributed by atoms with Crippen LogP contribution >= 0.6 is 0 Å². The van der Waals surface area contributed by atoms with E-state index in [2.05, 4.69) is 0 Å². The maximum Gasteiger partial charge on any atom is 0.187 e. The lowest BCUT2D eigenvalue weighted by Crippen LogP contribution is -2.67. The van der Waals surface area contributed by atoms with Gasteiger partial charge in [0.1, 0.15) is 73.2 Å². The molecule has 0 spiro atoms. The molecule has 1 unspecified atom stereocenters. The van der Waals surface area contributed by atoms with E-state index in [1.54, 1.807) is 0 Å². The average Bonchev–Trinajstić information content (AvgIpc) is 2.83. The summed E-state index contributed by atoms with van der Waals surface area (Å²) in [5, 5.41) is 109. The van der Waals surface area contributed by atoms with Gasteiger partial charge in [-0.2, -0.15) is 0 Å². The van der Waals surface area contributed by atoms with E-state index in [0.717, 1.165) is 0 Å². The summed E-state index contributed by atoms with van der Waals surface area (Å²) in [4.78, 5) is 0. The molecule has 0 aromatic heterocycles. The third kappa shape index (κ3) is 5.37. The third-order valence-electron chi connectivity index (χ3n) is 6.10. The zero-order valence-corrected chi connectivity index (χ0v) is 17.7. The Morgan fingerprint density at radius 1 is 0.441 bits per heavy atom. The van der Waals surface area contributed by atoms with E-state index < -0.39 is 112 Å². The SMILES string of the molecule is OC[C@H]1OC(O)[C@H](O[C@@H]2O[C@H](CO)[C@@H](O)[C@H](O)[C@H]2O)[C@@H](O[C@@H]2O[C@H](CO)[C@@H](O)[C@H](O)[C@@H]2O)[C@H]1O. The van der Waals surface area contributed by atoms with Gasteiger partial charge < -0.3 is 79.9 Å². The average molecular weight is 504 g/mol. The molecule has 3 rings (SSSR count). The Morgan fingerprint density at radius 2 is 0.824 bits per heavy atom. The highest BCUT2D eigenvalue weighted by Gasteiger charge is 2.53. The summed E-state index contributed by atoms with van der Waals surface area (Å²) in [5.41, 5.74) is 0. The number of hydrogen-bond acceptors (Lipinski definition) is 16. The van der Waals surface area contributed by atoms with Crippen LogP contribution in [0.1, 0.15) is 0 Å². The predicted molar refractivity (Wildman–Crippen MR) is 101 cm³/mol. The minimum atomic E-state index is -1.94. The first-order valence-corrected chi connectivity index (χ1v) is 10.6. The molecule has 34 heavy (non-hydrogen) atoms. The van der Waals surface area contributed by atoms with Gasteiger partial charge in [-0.3, -0.25) is 0 Å². The molecule has 15 atom stereocenters. The Labute approximate surface area is 192 Å². The van der Waals surface area contributed by atoms with Crippen LogP contribution in [0.25, 0.3) is 0 Å².